The highest BCUT2D eigenvalue weighted by molar-refractivity contribution is 5.92. The van der Waals surface area contributed by atoms with E-state index >= 15 is 0 Å². The SMILES string of the molecule is O=C(/C=C/c1ccccc1N1CCN(C(=O)C2(C(F)(F)F)CC2)CC1)NO. The molecule has 6 nitrogen and oxygen atoms in total. The van der Waals surface area contributed by atoms with Crippen LogP contribution in [-0.4, -0.2) is 54.3 Å². The summed E-state index contributed by atoms with van der Waals surface area (Å²) in [6.45, 7) is 1.23. The molecule has 2 N–H and O–H groups in total. The highest BCUT2D eigenvalue weighted by Crippen LogP contribution is 2.58. The number of hydroxylamine groups is 1. The maximum absolute atomic E-state index is 13.2. The van der Waals surface area contributed by atoms with E-state index in [1.54, 1.807) is 18.2 Å². The summed E-state index contributed by atoms with van der Waals surface area (Å²) in [4.78, 5) is 26.8. The molecule has 0 atom stereocenters. The van der Waals surface area contributed by atoms with E-state index in [4.69, 9.17) is 5.21 Å². The average molecular weight is 383 g/mol. The molecule has 0 radical (unpaired) electrons. The molecule has 1 heterocycles. The Hall–Kier alpha value is -2.55. The van der Waals surface area contributed by atoms with Crippen molar-refractivity contribution in [3.8, 4) is 0 Å². The van der Waals surface area contributed by atoms with Crippen LogP contribution >= 0.6 is 0 Å². The van der Waals surface area contributed by atoms with E-state index in [0.717, 1.165) is 11.3 Å². The molecular formula is C18H20F3N3O3. The van der Waals surface area contributed by atoms with Crippen molar-refractivity contribution in [3.05, 3.63) is 35.9 Å². The number of anilines is 1. The van der Waals surface area contributed by atoms with Gasteiger partial charge in [-0.2, -0.15) is 13.2 Å². The van der Waals surface area contributed by atoms with Gasteiger partial charge < -0.3 is 9.80 Å². The van der Waals surface area contributed by atoms with Crippen molar-refractivity contribution in [1.82, 2.24) is 10.4 Å². The highest BCUT2D eigenvalue weighted by Gasteiger charge is 2.69. The van der Waals surface area contributed by atoms with Gasteiger partial charge in [0.05, 0.1) is 0 Å². The molecule has 27 heavy (non-hydrogen) atoms. The molecule has 2 amide bonds. The third-order valence-electron chi connectivity index (χ3n) is 5.07. The van der Waals surface area contributed by atoms with Gasteiger partial charge >= 0.3 is 6.18 Å². The first-order chi connectivity index (χ1) is 12.8. The third kappa shape index (κ3) is 3.78. The Labute approximate surface area is 154 Å². The number of rotatable bonds is 4. The first-order valence-electron chi connectivity index (χ1n) is 8.61. The molecule has 2 aliphatic rings. The second-order valence-electron chi connectivity index (χ2n) is 6.73. The van der Waals surface area contributed by atoms with Crippen LogP contribution in [0.2, 0.25) is 0 Å². The topological polar surface area (TPSA) is 72.9 Å². The second kappa shape index (κ2) is 7.22. The molecule has 0 aromatic heterocycles. The lowest BCUT2D eigenvalue weighted by Gasteiger charge is -2.38. The van der Waals surface area contributed by atoms with Crippen molar-refractivity contribution >= 4 is 23.6 Å². The van der Waals surface area contributed by atoms with Crippen LogP contribution in [0, 0.1) is 5.41 Å². The summed E-state index contributed by atoms with van der Waals surface area (Å²) in [7, 11) is 0. The van der Waals surface area contributed by atoms with Gasteiger partial charge in [0.2, 0.25) is 5.91 Å². The Morgan fingerprint density at radius 2 is 1.74 bits per heavy atom. The molecule has 1 aromatic rings. The molecule has 1 saturated heterocycles. The Kier molecular flexibility index (Phi) is 5.14. The summed E-state index contributed by atoms with van der Waals surface area (Å²) < 4.78 is 39.5. The minimum atomic E-state index is -4.49. The van der Waals surface area contributed by atoms with E-state index < -0.39 is 23.4 Å². The largest absolute Gasteiger partial charge is 0.403 e. The monoisotopic (exact) mass is 383 g/mol. The smallest absolute Gasteiger partial charge is 0.367 e. The van der Waals surface area contributed by atoms with E-state index in [9.17, 15) is 22.8 Å². The van der Waals surface area contributed by atoms with Crippen molar-refractivity contribution in [2.24, 2.45) is 5.41 Å². The summed E-state index contributed by atoms with van der Waals surface area (Å²) in [5.74, 6) is -1.48. The van der Waals surface area contributed by atoms with Crippen LogP contribution in [0.25, 0.3) is 6.08 Å². The number of para-hydroxylation sites is 1. The second-order valence-corrected chi connectivity index (χ2v) is 6.73. The molecule has 0 unspecified atom stereocenters. The van der Waals surface area contributed by atoms with E-state index in [1.807, 2.05) is 17.0 Å². The number of benzene rings is 1. The molecule has 1 aliphatic heterocycles. The van der Waals surface area contributed by atoms with Gasteiger partial charge in [0, 0.05) is 37.9 Å². The molecule has 1 aromatic carbocycles. The number of alkyl halides is 3. The van der Waals surface area contributed by atoms with E-state index in [-0.39, 0.29) is 25.9 Å². The van der Waals surface area contributed by atoms with Gasteiger partial charge in [0.25, 0.3) is 5.91 Å². The molecule has 0 spiro atoms. The first-order valence-corrected chi connectivity index (χ1v) is 8.61. The fourth-order valence-electron chi connectivity index (χ4n) is 3.32. The number of halogens is 3. The first kappa shape index (κ1) is 19.2. The number of hydrogen-bond acceptors (Lipinski definition) is 4. The van der Waals surface area contributed by atoms with Gasteiger partial charge in [0.15, 0.2) is 0 Å². The van der Waals surface area contributed by atoms with Crippen LogP contribution < -0.4 is 10.4 Å². The fourth-order valence-corrected chi connectivity index (χ4v) is 3.32. The van der Waals surface area contributed by atoms with Gasteiger partial charge in [-0.25, -0.2) is 5.48 Å². The molecule has 0 bridgehead atoms. The van der Waals surface area contributed by atoms with Crippen molar-refractivity contribution < 1.29 is 28.0 Å². The predicted octanol–water partition coefficient (Wildman–Crippen LogP) is 2.20. The Bertz CT molecular complexity index is 752. The zero-order chi connectivity index (χ0) is 19.7. The third-order valence-corrected chi connectivity index (χ3v) is 5.07. The lowest BCUT2D eigenvalue weighted by molar-refractivity contribution is -0.198. The Morgan fingerprint density at radius 3 is 2.30 bits per heavy atom. The van der Waals surface area contributed by atoms with E-state index in [1.165, 1.54) is 16.5 Å². The summed E-state index contributed by atoms with van der Waals surface area (Å²) in [6, 6.07) is 7.24. The summed E-state index contributed by atoms with van der Waals surface area (Å²) in [5.41, 5.74) is 0.876. The van der Waals surface area contributed by atoms with Crippen LogP contribution in [0.1, 0.15) is 18.4 Å². The van der Waals surface area contributed by atoms with Crippen molar-refractivity contribution in [2.45, 2.75) is 19.0 Å². The molecular weight excluding hydrogens is 363 g/mol. The van der Waals surface area contributed by atoms with Gasteiger partial charge in [-0.05, 0) is 30.5 Å². The van der Waals surface area contributed by atoms with Crippen LogP contribution in [-0.2, 0) is 9.59 Å². The van der Waals surface area contributed by atoms with Crippen LogP contribution in [0.15, 0.2) is 30.3 Å². The Morgan fingerprint density at radius 1 is 1.11 bits per heavy atom. The van der Waals surface area contributed by atoms with Crippen LogP contribution in [0.5, 0.6) is 0 Å². The quantitative estimate of drug-likeness (QED) is 0.475. The fraction of sp³-hybridized carbons (Fsp3) is 0.444. The molecule has 3 rings (SSSR count). The average Bonchev–Trinajstić information content (AvgIpc) is 3.48. The van der Waals surface area contributed by atoms with Gasteiger partial charge in [-0.1, -0.05) is 18.2 Å². The number of nitrogens with zero attached hydrogens (tertiary/aromatic N) is 2. The van der Waals surface area contributed by atoms with E-state index in [0.29, 0.717) is 13.1 Å². The van der Waals surface area contributed by atoms with Crippen LogP contribution in [0.3, 0.4) is 0 Å². The number of amides is 2. The van der Waals surface area contributed by atoms with E-state index in [2.05, 4.69) is 0 Å². The highest BCUT2D eigenvalue weighted by atomic mass is 19.4. The standard InChI is InChI=1S/C18H20F3N3O3/c19-18(20,21)17(7-8-17)16(26)24-11-9-23(10-12-24)14-4-2-1-3-13(14)5-6-15(25)22-27/h1-6,27H,7-12H2,(H,22,25)/b6-5+. The minimum absolute atomic E-state index is 0.129. The maximum atomic E-state index is 13.2. The van der Waals surface area contributed by atoms with Gasteiger partial charge in [-0.3, -0.25) is 14.8 Å². The number of hydrogen-bond donors (Lipinski definition) is 2. The summed E-state index contributed by atoms with van der Waals surface area (Å²) in [5, 5.41) is 8.56. The lowest BCUT2D eigenvalue weighted by atomic mass is 10.0. The minimum Gasteiger partial charge on any atom is -0.367 e. The summed E-state index contributed by atoms with van der Waals surface area (Å²) >= 11 is 0. The Balaban J connectivity index is 1.68. The van der Waals surface area contributed by atoms with Crippen LogP contribution in [0.4, 0.5) is 18.9 Å². The van der Waals surface area contributed by atoms with Crippen molar-refractivity contribution in [2.75, 3.05) is 31.1 Å². The van der Waals surface area contributed by atoms with Crippen molar-refractivity contribution in [1.29, 1.82) is 0 Å². The summed E-state index contributed by atoms with van der Waals surface area (Å²) in [6.07, 6.45) is -2.03. The molecule has 1 aliphatic carbocycles. The van der Waals surface area contributed by atoms with Gasteiger partial charge in [0.1, 0.15) is 5.41 Å². The molecule has 1 saturated carbocycles. The predicted molar refractivity (Wildman–Crippen MR) is 91.9 cm³/mol. The molecule has 146 valence electrons. The zero-order valence-corrected chi connectivity index (χ0v) is 14.5. The maximum Gasteiger partial charge on any atom is 0.403 e. The normalized spacial score (nSPS) is 19.3. The number of carbonyl (C=O) groups excluding carboxylic acids is 2. The zero-order valence-electron chi connectivity index (χ0n) is 14.5. The van der Waals surface area contributed by atoms with Crippen molar-refractivity contribution in [3.63, 3.8) is 0 Å². The lowest BCUT2D eigenvalue weighted by Crippen LogP contribution is -2.53. The number of carbonyl (C=O) groups is 2. The number of nitrogens with one attached hydrogen (secondary N) is 1. The molecule has 2 fully saturated rings. The number of piperazine rings is 1. The molecule has 9 heteroatoms. The van der Waals surface area contributed by atoms with Gasteiger partial charge in [-0.15, -0.1) is 0 Å².